The quantitative estimate of drug-likeness (QED) is 0.263. The number of rotatable bonds is 11. The van der Waals surface area contributed by atoms with Crippen LogP contribution in [-0.2, 0) is 11.3 Å². The molecule has 0 bridgehead atoms. The lowest BCUT2D eigenvalue weighted by molar-refractivity contribution is -0.131. The van der Waals surface area contributed by atoms with Crippen molar-refractivity contribution in [1.29, 1.82) is 0 Å². The van der Waals surface area contributed by atoms with E-state index >= 15 is 0 Å². The Labute approximate surface area is 194 Å². The molecule has 10 heteroatoms. The van der Waals surface area contributed by atoms with Crippen LogP contribution < -0.4 is 14.8 Å². The highest BCUT2D eigenvalue weighted by Crippen LogP contribution is 2.30. The molecule has 0 saturated heterocycles. The van der Waals surface area contributed by atoms with Gasteiger partial charge in [0.15, 0.2) is 17.5 Å². The summed E-state index contributed by atoms with van der Waals surface area (Å²) in [7, 11) is 1.80. The first-order chi connectivity index (χ1) is 13.9. The van der Waals surface area contributed by atoms with Crippen molar-refractivity contribution in [2.45, 2.75) is 40.9 Å². The van der Waals surface area contributed by atoms with Crippen molar-refractivity contribution >= 4 is 35.8 Å². The number of halogens is 3. The maximum absolute atomic E-state index is 12.5. The summed E-state index contributed by atoms with van der Waals surface area (Å²) < 4.78 is 35.0. The Morgan fingerprint density at radius 1 is 1.17 bits per heavy atom. The Kier molecular flexibility index (Phi) is 14.1. The van der Waals surface area contributed by atoms with Crippen LogP contribution in [0.5, 0.6) is 11.5 Å². The summed E-state index contributed by atoms with van der Waals surface area (Å²) in [5.41, 5.74) is 0.772. The van der Waals surface area contributed by atoms with Gasteiger partial charge in [-0.25, -0.2) is 4.99 Å². The lowest BCUT2D eigenvalue weighted by atomic mass is 10.2. The zero-order valence-corrected chi connectivity index (χ0v) is 20.6. The average Bonchev–Trinajstić information content (AvgIpc) is 2.67. The molecule has 1 aromatic rings. The number of nitrogens with zero attached hydrogens (tertiary/aromatic N) is 3. The zero-order chi connectivity index (χ0) is 21.8. The fraction of sp³-hybridized carbons (Fsp3) is 0.600. The molecule has 1 amide bonds. The maximum Gasteiger partial charge on any atom is 0.387 e. The SMILES string of the molecule is CCNC(=NCc1ccc(OC(F)F)c(OCC)c1)N(C)CC(=O)N(CC)CC.I. The fourth-order valence-corrected chi connectivity index (χ4v) is 2.70. The molecule has 0 aromatic heterocycles. The molecule has 0 atom stereocenters. The van der Waals surface area contributed by atoms with Crippen LogP contribution in [0.3, 0.4) is 0 Å². The van der Waals surface area contributed by atoms with Crippen LogP contribution in [0.15, 0.2) is 23.2 Å². The standard InChI is InChI=1S/C20H32F2N4O3.HI/c1-6-23-20(25(5)14-18(27)26(7-2)8-3)24-13-15-10-11-16(29-19(21)22)17(12-15)28-9-4;/h10-12,19H,6-9,13-14H2,1-5H3,(H,23,24);1H. The Bertz CT molecular complexity index is 673. The average molecular weight is 542 g/mol. The van der Waals surface area contributed by atoms with Crippen LogP contribution in [0.4, 0.5) is 8.78 Å². The highest BCUT2D eigenvalue weighted by Gasteiger charge is 2.15. The van der Waals surface area contributed by atoms with Gasteiger partial charge in [0, 0.05) is 26.7 Å². The van der Waals surface area contributed by atoms with Crippen molar-refractivity contribution in [3.8, 4) is 11.5 Å². The van der Waals surface area contributed by atoms with Crippen LogP contribution in [0.2, 0.25) is 0 Å². The molecule has 7 nitrogen and oxygen atoms in total. The summed E-state index contributed by atoms with van der Waals surface area (Å²) in [5.74, 6) is 0.841. The predicted molar refractivity (Wildman–Crippen MR) is 125 cm³/mol. The molecule has 1 rings (SSSR count). The number of hydrogen-bond donors (Lipinski definition) is 1. The number of hydrogen-bond acceptors (Lipinski definition) is 4. The second-order valence-corrected chi connectivity index (χ2v) is 6.18. The number of benzene rings is 1. The van der Waals surface area contributed by atoms with Crippen LogP contribution >= 0.6 is 24.0 Å². The summed E-state index contributed by atoms with van der Waals surface area (Å²) in [6.07, 6.45) is 0. The monoisotopic (exact) mass is 542 g/mol. The normalized spacial score (nSPS) is 11.0. The van der Waals surface area contributed by atoms with Crippen molar-refractivity contribution in [3.05, 3.63) is 23.8 Å². The summed E-state index contributed by atoms with van der Waals surface area (Å²) in [5, 5.41) is 3.16. The maximum atomic E-state index is 12.5. The van der Waals surface area contributed by atoms with Gasteiger partial charge in [-0.15, -0.1) is 24.0 Å². The highest BCUT2D eigenvalue weighted by molar-refractivity contribution is 14.0. The molecule has 0 saturated carbocycles. The van der Waals surface area contributed by atoms with Crippen molar-refractivity contribution < 1.29 is 23.0 Å². The molecule has 1 N–H and O–H groups in total. The number of nitrogens with one attached hydrogen (secondary N) is 1. The van der Waals surface area contributed by atoms with E-state index in [1.54, 1.807) is 35.9 Å². The summed E-state index contributed by atoms with van der Waals surface area (Å²) in [6.45, 7) is 7.46. The second-order valence-electron chi connectivity index (χ2n) is 6.18. The summed E-state index contributed by atoms with van der Waals surface area (Å²) in [4.78, 5) is 20.4. The molecule has 172 valence electrons. The first-order valence-electron chi connectivity index (χ1n) is 9.83. The number of guanidine groups is 1. The third-order valence-electron chi connectivity index (χ3n) is 4.12. The molecule has 0 unspecified atom stereocenters. The molecule has 30 heavy (non-hydrogen) atoms. The molecule has 0 aliphatic rings. The Morgan fingerprint density at radius 2 is 1.83 bits per heavy atom. The number of amides is 1. The Morgan fingerprint density at radius 3 is 2.37 bits per heavy atom. The molecule has 0 aliphatic heterocycles. The molecular formula is C20H33F2IN4O3. The van der Waals surface area contributed by atoms with Crippen molar-refractivity contribution in [3.63, 3.8) is 0 Å². The van der Waals surface area contributed by atoms with Gasteiger partial charge < -0.3 is 24.6 Å². The number of carbonyl (C=O) groups excluding carboxylic acids is 1. The minimum atomic E-state index is -2.92. The van der Waals surface area contributed by atoms with Crippen LogP contribution in [0.1, 0.15) is 33.3 Å². The van der Waals surface area contributed by atoms with Gasteiger partial charge in [-0.3, -0.25) is 4.79 Å². The van der Waals surface area contributed by atoms with Crippen LogP contribution in [0, 0.1) is 0 Å². The number of alkyl halides is 2. The van der Waals surface area contributed by atoms with Gasteiger partial charge in [0.1, 0.15) is 0 Å². The predicted octanol–water partition coefficient (Wildman–Crippen LogP) is 3.57. The van der Waals surface area contributed by atoms with E-state index in [0.717, 1.165) is 5.56 Å². The lowest BCUT2D eigenvalue weighted by Crippen LogP contribution is -2.45. The van der Waals surface area contributed by atoms with Gasteiger partial charge in [0.2, 0.25) is 5.91 Å². The lowest BCUT2D eigenvalue weighted by Gasteiger charge is -2.25. The van der Waals surface area contributed by atoms with E-state index in [2.05, 4.69) is 15.0 Å². The van der Waals surface area contributed by atoms with E-state index in [-0.39, 0.29) is 47.9 Å². The van der Waals surface area contributed by atoms with Gasteiger partial charge in [-0.2, -0.15) is 8.78 Å². The molecule has 0 radical (unpaired) electrons. The number of aliphatic imine (C=N–C) groups is 1. The largest absolute Gasteiger partial charge is 0.490 e. The van der Waals surface area contributed by atoms with E-state index in [1.807, 2.05) is 20.8 Å². The van der Waals surface area contributed by atoms with E-state index in [9.17, 15) is 13.6 Å². The molecular weight excluding hydrogens is 509 g/mol. The topological polar surface area (TPSA) is 66.4 Å². The molecule has 0 heterocycles. The smallest absolute Gasteiger partial charge is 0.387 e. The number of carbonyl (C=O) groups is 1. The first-order valence-corrected chi connectivity index (χ1v) is 9.83. The van der Waals surface area contributed by atoms with E-state index < -0.39 is 6.61 Å². The zero-order valence-electron chi connectivity index (χ0n) is 18.3. The van der Waals surface area contributed by atoms with E-state index in [1.165, 1.54) is 6.07 Å². The third-order valence-corrected chi connectivity index (χ3v) is 4.12. The summed E-state index contributed by atoms with van der Waals surface area (Å²) >= 11 is 0. The second kappa shape index (κ2) is 15.0. The van der Waals surface area contributed by atoms with Crippen molar-refractivity contribution in [1.82, 2.24) is 15.1 Å². The van der Waals surface area contributed by atoms with Gasteiger partial charge >= 0.3 is 6.61 Å². The minimum absolute atomic E-state index is 0. The minimum Gasteiger partial charge on any atom is -0.490 e. The molecule has 1 aromatic carbocycles. The van der Waals surface area contributed by atoms with E-state index in [0.29, 0.717) is 38.7 Å². The van der Waals surface area contributed by atoms with Crippen LogP contribution in [-0.4, -0.2) is 68.1 Å². The Balaban J connectivity index is 0.00000841. The fourth-order valence-electron chi connectivity index (χ4n) is 2.70. The first kappa shape index (κ1) is 28.1. The molecule has 0 aliphatic carbocycles. The van der Waals surface area contributed by atoms with Crippen molar-refractivity contribution in [2.75, 3.05) is 39.8 Å². The van der Waals surface area contributed by atoms with Gasteiger partial charge in [0.05, 0.1) is 19.7 Å². The summed E-state index contributed by atoms with van der Waals surface area (Å²) in [6, 6.07) is 4.74. The number of ether oxygens (including phenoxy) is 2. The van der Waals surface area contributed by atoms with Gasteiger partial charge in [0.25, 0.3) is 0 Å². The van der Waals surface area contributed by atoms with Crippen LogP contribution in [0.25, 0.3) is 0 Å². The van der Waals surface area contributed by atoms with E-state index in [4.69, 9.17) is 4.74 Å². The van der Waals surface area contributed by atoms with Crippen molar-refractivity contribution in [2.24, 2.45) is 4.99 Å². The third kappa shape index (κ3) is 9.31. The molecule has 0 fully saturated rings. The Hall–Kier alpha value is -1.85. The highest BCUT2D eigenvalue weighted by atomic mass is 127. The van der Waals surface area contributed by atoms with Gasteiger partial charge in [-0.1, -0.05) is 6.07 Å². The number of likely N-dealkylation sites (N-methyl/N-ethyl adjacent to an activating group) is 2. The van der Waals surface area contributed by atoms with Gasteiger partial charge in [-0.05, 0) is 45.4 Å². The molecule has 0 spiro atoms.